The average Bonchev–Trinajstić information content (AvgIpc) is 2.78. The van der Waals surface area contributed by atoms with Crippen LogP contribution in [0, 0.1) is 5.92 Å². The Morgan fingerprint density at radius 2 is 1.77 bits per heavy atom. The summed E-state index contributed by atoms with van der Waals surface area (Å²) in [6, 6.07) is 11.6. The van der Waals surface area contributed by atoms with Gasteiger partial charge in [0, 0.05) is 18.2 Å². The van der Waals surface area contributed by atoms with Gasteiger partial charge in [-0.1, -0.05) is 44.4 Å². The van der Waals surface area contributed by atoms with E-state index >= 15 is 0 Å². The minimum atomic E-state index is -3.33. The smallest absolute Gasteiger partial charge is 0.221 e. The van der Waals surface area contributed by atoms with E-state index in [2.05, 4.69) is 23.5 Å². The van der Waals surface area contributed by atoms with Gasteiger partial charge >= 0.3 is 0 Å². The average molecular weight is 440 g/mol. The number of sulfone groups is 1. The molecule has 1 atom stereocenters. The molecule has 4 nitrogen and oxygen atoms in total. The first kappa shape index (κ1) is 22.1. The molecule has 0 aliphatic heterocycles. The Hall–Kier alpha value is -2.14. The van der Waals surface area contributed by atoms with Gasteiger partial charge in [-0.2, -0.15) is 0 Å². The Morgan fingerprint density at radius 3 is 2.48 bits per heavy atom. The fourth-order valence-electron chi connectivity index (χ4n) is 5.47. The number of anilines is 1. The first-order valence-electron chi connectivity index (χ1n) is 11.7. The number of nitrogens with one attached hydrogen (secondary N) is 1. The summed E-state index contributed by atoms with van der Waals surface area (Å²) in [5.41, 5.74) is 5.27. The second-order valence-corrected chi connectivity index (χ2v) is 11.4. The van der Waals surface area contributed by atoms with Crippen LogP contribution < -0.4 is 5.32 Å². The maximum atomic E-state index is 12.5. The predicted octanol–water partition coefficient (Wildman–Crippen LogP) is 6.11. The van der Waals surface area contributed by atoms with Crippen molar-refractivity contribution in [3.63, 3.8) is 0 Å². The van der Waals surface area contributed by atoms with E-state index in [4.69, 9.17) is 0 Å². The number of fused-ring (bicyclic) bond motifs is 1. The fourth-order valence-corrected chi connectivity index (χ4v) is 6.37. The van der Waals surface area contributed by atoms with Gasteiger partial charge in [0.05, 0.1) is 10.6 Å². The van der Waals surface area contributed by atoms with Gasteiger partial charge in [0.1, 0.15) is 0 Å². The van der Waals surface area contributed by atoms with Crippen LogP contribution >= 0.6 is 0 Å². The molecule has 2 aliphatic rings. The lowest BCUT2D eigenvalue weighted by atomic mass is 9.70. The molecule has 1 N–H and O–H groups in total. The van der Waals surface area contributed by atoms with E-state index in [1.165, 1.54) is 63.0 Å². The van der Waals surface area contributed by atoms with E-state index in [0.717, 1.165) is 23.5 Å². The van der Waals surface area contributed by atoms with Crippen molar-refractivity contribution in [2.24, 2.45) is 5.92 Å². The van der Waals surface area contributed by atoms with Crippen LogP contribution in [0.3, 0.4) is 0 Å². The van der Waals surface area contributed by atoms with Crippen molar-refractivity contribution in [1.82, 2.24) is 0 Å². The molecule has 31 heavy (non-hydrogen) atoms. The molecule has 0 bridgehead atoms. The number of carbonyl (C=O) groups excluding carboxylic acids is 1. The van der Waals surface area contributed by atoms with Gasteiger partial charge in [0.25, 0.3) is 0 Å². The predicted molar refractivity (Wildman–Crippen MR) is 126 cm³/mol. The molecule has 1 fully saturated rings. The number of amides is 1. The van der Waals surface area contributed by atoms with Crippen LogP contribution in [0.4, 0.5) is 5.69 Å². The van der Waals surface area contributed by atoms with Crippen LogP contribution in [0.5, 0.6) is 0 Å². The summed E-state index contributed by atoms with van der Waals surface area (Å²) in [4.78, 5) is 12.1. The van der Waals surface area contributed by atoms with Crippen molar-refractivity contribution in [3.05, 3.63) is 47.5 Å². The molecule has 166 valence electrons. The van der Waals surface area contributed by atoms with E-state index < -0.39 is 9.84 Å². The highest BCUT2D eigenvalue weighted by atomic mass is 32.2. The van der Waals surface area contributed by atoms with E-state index in [1.807, 2.05) is 0 Å². The fraction of sp³-hybridized carbons (Fsp3) is 0.500. The van der Waals surface area contributed by atoms with E-state index in [-0.39, 0.29) is 11.7 Å². The molecule has 0 radical (unpaired) electrons. The lowest BCUT2D eigenvalue weighted by Crippen LogP contribution is -2.21. The van der Waals surface area contributed by atoms with Crippen LogP contribution in [-0.2, 0) is 21.1 Å². The SMILES string of the molecule is CCS(=O)(=O)c1ccc(NC(C)=O)c(-c2ccc3c(c2)CCCC3C2CCCCC2)c1. The molecule has 0 saturated heterocycles. The van der Waals surface area contributed by atoms with Crippen LogP contribution in [0.25, 0.3) is 11.1 Å². The summed E-state index contributed by atoms with van der Waals surface area (Å²) in [7, 11) is -3.33. The van der Waals surface area contributed by atoms with Gasteiger partial charge in [0.2, 0.25) is 5.91 Å². The summed E-state index contributed by atoms with van der Waals surface area (Å²) in [5.74, 6) is 1.34. The van der Waals surface area contributed by atoms with E-state index in [9.17, 15) is 13.2 Å². The molecule has 2 aromatic rings. The number of hydrogen-bond acceptors (Lipinski definition) is 3. The Labute approximate surface area is 186 Å². The molecular formula is C26H33NO3S. The molecule has 0 spiro atoms. The molecule has 2 aromatic carbocycles. The lowest BCUT2D eigenvalue weighted by Gasteiger charge is -2.35. The third-order valence-electron chi connectivity index (χ3n) is 7.07. The Kier molecular flexibility index (Phi) is 6.52. The number of hydrogen-bond donors (Lipinski definition) is 1. The van der Waals surface area contributed by atoms with Crippen LogP contribution in [0.2, 0.25) is 0 Å². The van der Waals surface area contributed by atoms with E-state index in [0.29, 0.717) is 16.5 Å². The number of carbonyl (C=O) groups is 1. The summed E-state index contributed by atoms with van der Waals surface area (Å²) in [6.07, 6.45) is 10.3. The minimum absolute atomic E-state index is 0.0547. The number of rotatable bonds is 5. The Bertz CT molecular complexity index is 1070. The largest absolute Gasteiger partial charge is 0.326 e. The summed E-state index contributed by atoms with van der Waals surface area (Å²) < 4.78 is 25.0. The van der Waals surface area contributed by atoms with Gasteiger partial charge in [-0.15, -0.1) is 0 Å². The van der Waals surface area contributed by atoms with Crippen LogP contribution in [0.1, 0.15) is 75.8 Å². The normalized spacial score (nSPS) is 19.6. The van der Waals surface area contributed by atoms with Crippen molar-refractivity contribution in [2.45, 2.75) is 76.0 Å². The zero-order valence-corrected chi connectivity index (χ0v) is 19.4. The molecular weight excluding hydrogens is 406 g/mol. The summed E-state index contributed by atoms with van der Waals surface area (Å²) in [5, 5.41) is 2.88. The van der Waals surface area contributed by atoms with Crippen molar-refractivity contribution in [1.29, 1.82) is 0 Å². The summed E-state index contributed by atoms with van der Waals surface area (Å²) >= 11 is 0. The second kappa shape index (κ2) is 9.15. The topological polar surface area (TPSA) is 63.2 Å². The van der Waals surface area contributed by atoms with Gasteiger partial charge in [-0.25, -0.2) is 8.42 Å². The van der Waals surface area contributed by atoms with Crippen LogP contribution in [-0.4, -0.2) is 20.1 Å². The van der Waals surface area contributed by atoms with Gasteiger partial charge < -0.3 is 5.32 Å². The van der Waals surface area contributed by atoms with Crippen molar-refractivity contribution in [2.75, 3.05) is 11.1 Å². The van der Waals surface area contributed by atoms with Crippen LogP contribution in [0.15, 0.2) is 41.3 Å². The van der Waals surface area contributed by atoms with E-state index in [1.54, 1.807) is 25.1 Å². The highest BCUT2D eigenvalue weighted by Gasteiger charge is 2.29. The third-order valence-corrected chi connectivity index (χ3v) is 8.81. The lowest BCUT2D eigenvalue weighted by molar-refractivity contribution is -0.114. The highest BCUT2D eigenvalue weighted by Crippen LogP contribution is 2.44. The summed E-state index contributed by atoms with van der Waals surface area (Å²) in [6.45, 7) is 3.13. The van der Waals surface area contributed by atoms with Crippen molar-refractivity contribution >= 4 is 21.4 Å². The zero-order chi connectivity index (χ0) is 22.0. The zero-order valence-electron chi connectivity index (χ0n) is 18.6. The molecule has 2 aliphatic carbocycles. The third kappa shape index (κ3) is 4.72. The quantitative estimate of drug-likeness (QED) is 0.612. The maximum absolute atomic E-state index is 12.5. The maximum Gasteiger partial charge on any atom is 0.221 e. The Balaban J connectivity index is 1.75. The second-order valence-electron chi connectivity index (χ2n) is 9.10. The molecule has 1 unspecified atom stereocenters. The molecule has 5 heteroatoms. The first-order chi connectivity index (χ1) is 14.9. The van der Waals surface area contributed by atoms with Crippen molar-refractivity contribution < 1.29 is 13.2 Å². The molecule has 0 heterocycles. The highest BCUT2D eigenvalue weighted by molar-refractivity contribution is 7.91. The van der Waals surface area contributed by atoms with Gasteiger partial charge in [-0.3, -0.25) is 4.79 Å². The van der Waals surface area contributed by atoms with Gasteiger partial charge in [-0.05, 0) is 78.8 Å². The molecule has 0 aromatic heterocycles. The number of aryl methyl sites for hydroxylation is 1. The first-order valence-corrected chi connectivity index (χ1v) is 13.3. The van der Waals surface area contributed by atoms with Gasteiger partial charge in [0.15, 0.2) is 9.84 Å². The molecule has 1 saturated carbocycles. The number of benzene rings is 2. The Morgan fingerprint density at radius 1 is 1.00 bits per heavy atom. The minimum Gasteiger partial charge on any atom is -0.326 e. The van der Waals surface area contributed by atoms with Crippen molar-refractivity contribution in [3.8, 4) is 11.1 Å². The standard InChI is InChI=1S/C26H33NO3S/c1-3-31(29,30)22-13-15-26(27-18(2)28)25(17-22)21-12-14-24-20(16-21)10-7-11-23(24)19-8-5-4-6-9-19/h12-17,19,23H,3-11H2,1-2H3,(H,27,28). The monoisotopic (exact) mass is 439 g/mol. The molecule has 1 amide bonds. The molecule has 4 rings (SSSR count).